The largest absolute Gasteiger partial charge is 0.356 e. The summed E-state index contributed by atoms with van der Waals surface area (Å²) in [6.45, 7) is 2.61. The summed E-state index contributed by atoms with van der Waals surface area (Å²) < 4.78 is 0. The van der Waals surface area contributed by atoms with Crippen LogP contribution in [0.1, 0.15) is 59.3 Å². The molecule has 7 heteroatoms. The van der Waals surface area contributed by atoms with Gasteiger partial charge in [0.1, 0.15) is 23.2 Å². The molecule has 6 rings (SSSR count). The molecule has 1 aromatic carbocycles. The maximum Gasteiger partial charge on any atom is 0.270 e. The Morgan fingerprint density at radius 2 is 2.00 bits per heavy atom. The average molecular weight is 403 g/mol. The predicted octanol–water partition coefficient (Wildman–Crippen LogP) is 2.98. The Kier molecular flexibility index (Phi) is 4.21. The zero-order chi connectivity index (χ0) is 20.1. The molecule has 3 aliphatic rings. The summed E-state index contributed by atoms with van der Waals surface area (Å²) in [6, 6.07) is 8.20. The van der Waals surface area contributed by atoms with Crippen molar-refractivity contribution < 1.29 is 4.79 Å². The number of H-pyrrole nitrogens is 1. The number of benzene rings is 1. The highest BCUT2D eigenvalue weighted by Gasteiger charge is 2.33. The molecule has 2 aromatic heterocycles. The summed E-state index contributed by atoms with van der Waals surface area (Å²) in [5.74, 6) is 3.83. The summed E-state index contributed by atoms with van der Waals surface area (Å²) >= 11 is 0. The SMILES string of the molecule is O=C1NCCc2c1nc(C1CC1)nc2N1CCCC(Cc2nc3ccccc3[nH]2)C1. The molecule has 1 saturated heterocycles. The van der Waals surface area contributed by atoms with Crippen LogP contribution in [0.15, 0.2) is 24.3 Å². The second-order valence-corrected chi connectivity index (χ2v) is 8.87. The summed E-state index contributed by atoms with van der Waals surface area (Å²) in [5.41, 5.74) is 3.77. The second kappa shape index (κ2) is 7.07. The molecular weight excluding hydrogens is 376 g/mol. The zero-order valence-electron chi connectivity index (χ0n) is 17.0. The number of amides is 1. The number of carbonyl (C=O) groups excluding carboxylic acids is 1. The van der Waals surface area contributed by atoms with Crippen molar-refractivity contribution in [3.05, 3.63) is 47.2 Å². The van der Waals surface area contributed by atoms with Gasteiger partial charge in [0.25, 0.3) is 5.91 Å². The van der Waals surface area contributed by atoms with Crippen LogP contribution in [0, 0.1) is 5.92 Å². The van der Waals surface area contributed by atoms with Crippen molar-refractivity contribution >= 4 is 22.8 Å². The number of fused-ring (bicyclic) bond motifs is 2. The first-order valence-electron chi connectivity index (χ1n) is 11.1. The minimum absolute atomic E-state index is 0.0439. The normalized spacial score (nSPS) is 21.5. The Morgan fingerprint density at radius 1 is 1.10 bits per heavy atom. The van der Waals surface area contributed by atoms with E-state index in [1.54, 1.807) is 0 Å². The van der Waals surface area contributed by atoms with E-state index < -0.39 is 0 Å². The molecule has 1 saturated carbocycles. The lowest BCUT2D eigenvalue weighted by atomic mass is 9.93. The molecule has 1 unspecified atom stereocenters. The van der Waals surface area contributed by atoms with Crippen molar-refractivity contribution in [1.82, 2.24) is 25.3 Å². The quantitative estimate of drug-likeness (QED) is 0.701. The van der Waals surface area contributed by atoms with Crippen LogP contribution < -0.4 is 10.2 Å². The molecular formula is C23H26N6O. The fourth-order valence-electron chi connectivity index (χ4n) is 4.88. The number of nitrogens with one attached hydrogen (secondary N) is 2. The average Bonchev–Trinajstić information content (AvgIpc) is 3.53. The topological polar surface area (TPSA) is 86.8 Å². The Morgan fingerprint density at radius 3 is 2.87 bits per heavy atom. The molecule has 2 N–H and O–H groups in total. The molecule has 154 valence electrons. The number of aromatic amines is 1. The van der Waals surface area contributed by atoms with Gasteiger partial charge in [-0.05, 0) is 50.2 Å². The van der Waals surface area contributed by atoms with Gasteiger partial charge < -0.3 is 15.2 Å². The van der Waals surface area contributed by atoms with Crippen molar-refractivity contribution in [3.63, 3.8) is 0 Å². The van der Waals surface area contributed by atoms with E-state index in [2.05, 4.69) is 32.3 Å². The molecule has 4 heterocycles. The third-order valence-corrected chi connectivity index (χ3v) is 6.56. The maximum atomic E-state index is 12.5. The van der Waals surface area contributed by atoms with Gasteiger partial charge in [-0.2, -0.15) is 0 Å². The first-order valence-corrected chi connectivity index (χ1v) is 11.1. The van der Waals surface area contributed by atoms with Gasteiger partial charge in [-0.1, -0.05) is 12.1 Å². The van der Waals surface area contributed by atoms with Crippen molar-refractivity contribution in [2.45, 2.75) is 44.4 Å². The van der Waals surface area contributed by atoms with Gasteiger partial charge in [-0.25, -0.2) is 15.0 Å². The van der Waals surface area contributed by atoms with Crippen LogP contribution in [0.5, 0.6) is 0 Å². The number of para-hydroxylation sites is 2. The highest BCUT2D eigenvalue weighted by molar-refractivity contribution is 5.96. The number of anilines is 1. The Hall–Kier alpha value is -2.96. The monoisotopic (exact) mass is 402 g/mol. The van der Waals surface area contributed by atoms with E-state index in [0.29, 0.717) is 24.1 Å². The lowest BCUT2D eigenvalue weighted by Gasteiger charge is -2.35. The highest BCUT2D eigenvalue weighted by Crippen LogP contribution is 2.40. The van der Waals surface area contributed by atoms with E-state index in [4.69, 9.17) is 9.97 Å². The number of imidazole rings is 1. The van der Waals surface area contributed by atoms with Crippen molar-refractivity contribution in [2.24, 2.45) is 5.92 Å². The van der Waals surface area contributed by atoms with Crippen molar-refractivity contribution in [3.8, 4) is 0 Å². The van der Waals surface area contributed by atoms with Gasteiger partial charge in [-0.15, -0.1) is 0 Å². The molecule has 30 heavy (non-hydrogen) atoms. The molecule has 1 atom stereocenters. The predicted molar refractivity (Wildman–Crippen MR) is 115 cm³/mol. The lowest BCUT2D eigenvalue weighted by molar-refractivity contribution is 0.0940. The molecule has 0 radical (unpaired) electrons. The van der Waals surface area contributed by atoms with Crippen molar-refractivity contribution in [2.75, 3.05) is 24.5 Å². The van der Waals surface area contributed by atoms with Crippen LogP contribution in [0.3, 0.4) is 0 Å². The number of hydrogen-bond donors (Lipinski definition) is 2. The molecule has 2 aliphatic heterocycles. The molecule has 3 aromatic rings. The van der Waals surface area contributed by atoms with Crippen LogP contribution in [-0.4, -0.2) is 45.5 Å². The molecule has 1 aliphatic carbocycles. The zero-order valence-corrected chi connectivity index (χ0v) is 17.0. The molecule has 2 fully saturated rings. The summed E-state index contributed by atoms with van der Waals surface area (Å²) in [4.78, 5) is 32.8. The van der Waals surface area contributed by atoms with Crippen molar-refractivity contribution in [1.29, 1.82) is 0 Å². The first kappa shape index (κ1) is 17.9. The van der Waals surface area contributed by atoms with Crippen LogP contribution >= 0.6 is 0 Å². The summed E-state index contributed by atoms with van der Waals surface area (Å²) in [6.07, 6.45) is 6.34. The molecule has 7 nitrogen and oxygen atoms in total. The minimum atomic E-state index is -0.0439. The van der Waals surface area contributed by atoms with Crippen LogP contribution in [0.4, 0.5) is 5.82 Å². The van der Waals surface area contributed by atoms with E-state index >= 15 is 0 Å². The molecule has 0 bridgehead atoms. The highest BCUT2D eigenvalue weighted by atomic mass is 16.1. The molecule has 0 spiro atoms. The van der Waals surface area contributed by atoms with Gasteiger partial charge in [-0.3, -0.25) is 4.79 Å². The Labute approximate surface area is 175 Å². The number of nitrogens with zero attached hydrogens (tertiary/aromatic N) is 4. The van der Waals surface area contributed by atoms with E-state index in [-0.39, 0.29) is 5.91 Å². The second-order valence-electron chi connectivity index (χ2n) is 8.87. The smallest absolute Gasteiger partial charge is 0.270 e. The Bertz CT molecular complexity index is 1090. The fraction of sp³-hybridized carbons (Fsp3) is 0.478. The third-order valence-electron chi connectivity index (χ3n) is 6.56. The molecule has 1 amide bonds. The van der Waals surface area contributed by atoms with Crippen LogP contribution in [0.25, 0.3) is 11.0 Å². The lowest BCUT2D eigenvalue weighted by Crippen LogP contribution is -2.40. The van der Waals surface area contributed by atoms with E-state index in [0.717, 1.165) is 79.3 Å². The van der Waals surface area contributed by atoms with Gasteiger partial charge >= 0.3 is 0 Å². The van der Waals surface area contributed by atoms with E-state index in [9.17, 15) is 4.79 Å². The minimum Gasteiger partial charge on any atom is -0.356 e. The number of carbonyl (C=O) groups is 1. The standard InChI is InChI=1S/C23H26N6O/c30-23-20-16(9-10-24-23)22(28-21(27-20)15-7-8-15)29-11-3-4-14(13-29)12-19-25-17-5-1-2-6-18(17)26-19/h1-2,5-6,14-15H,3-4,7-13H2,(H,24,30)(H,25,26). The van der Waals surface area contributed by atoms with Crippen LogP contribution in [-0.2, 0) is 12.8 Å². The third kappa shape index (κ3) is 3.22. The van der Waals surface area contributed by atoms with Gasteiger partial charge in [0.2, 0.25) is 0 Å². The number of aromatic nitrogens is 4. The summed E-state index contributed by atoms with van der Waals surface area (Å²) in [7, 11) is 0. The number of piperidine rings is 1. The maximum absolute atomic E-state index is 12.5. The van der Waals surface area contributed by atoms with E-state index in [1.165, 1.54) is 6.42 Å². The number of rotatable bonds is 4. The van der Waals surface area contributed by atoms with Gasteiger partial charge in [0.15, 0.2) is 0 Å². The van der Waals surface area contributed by atoms with E-state index in [1.807, 2.05) is 12.1 Å². The fourth-order valence-corrected chi connectivity index (χ4v) is 4.88. The number of hydrogen-bond acceptors (Lipinski definition) is 5. The summed E-state index contributed by atoms with van der Waals surface area (Å²) in [5, 5.41) is 2.95. The van der Waals surface area contributed by atoms with Crippen LogP contribution in [0.2, 0.25) is 0 Å². The Balaban J connectivity index is 1.28. The first-order chi connectivity index (χ1) is 14.7. The van der Waals surface area contributed by atoms with Gasteiger partial charge in [0, 0.05) is 37.5 Å². The van der Waals surface area contributed by atoms with Gasteiger partial charge in [0.05, 0.1) is 11.0 Å².